The Bertz CT molecular complexity index is 440. The van der Waals surface area contributed by atoms with E-state index in [0.717, 1.165) is 18.5 Å². The average molecular weight is 282 g/mol. The topological polar surface area (TPSA) is 70.4 Å². The van der Waals surface area contributed by atoms with Crippen LogP contribution in [0.3, 0.4) is 0 Å². The molecule has 1 unspecified atom stereocenters. The zero-order valence-electron chi connectivity index (χ0n) is 13.1. The number of aromatic nitrogens is 2. The number of aliphatic hydroxyl groups excluding tert-OH is 1. The summed E-state index contributed by atoms with van der Waals surface area (Å²) in [5.41, 5.74) is 0.969. The van der Waals surface area contributed by atoms with Gasteiger partial charge in [-0.25, -0.2) is 4.79 Å². The van der Waals surface area contributed by atoms with Crippen LogP contribution in [0.1, 0.15) is 39.8 Å². The smallest absolute Gasteiger partial charge is 0.323 e. The molecule has 0 radical (unpaired) electrons. The van der Waals surface area contributed by atoms with Gasteiger partial charge in [0.05, 0.1) is 11.8 Å². The molecule has 1 aromatic heterocycles. The van der Waals surface area contributed by atoms with E-state index in [-0.39, 0.29) is 12.1 Å². The number of urea groups is 1. The molecule has 1 atom stereocenters. The van der Waals surface area contributed by atoms with Crippen molar-refractivity contribution in [2.24, 2.45) is 7.05 Å². The van der Waals surface area contributed by atoms with Crippen molar-refractivity contribution in [1.29, 1.82) is 0 Å². The van der Waals surface area contributed by atoms with Gasteiger partial charge < -0.3 is 10.0 Å². The van der Waals surface area contributed by atoms with E-state index in [0.29, 0.717) is 12.4 Å². The molecule has 0 bridgehead atoms. The standard InChI is InChI=1S/C14H26N4O2/c1-6-7-12-8-13(17(5)16-12)15-14(20)18(10(2)3)9-11(4)19/h8,10-11,19H,6-7,9H2,1-5H3,(H,15,20). The van der Waals surface area contributed by atoms with Gasteiger partial charge >= 0.3 is 6.03 Å². The van der Waals surface area contributed by atoms with Crippen molar-refractivity contribution in [2.45, 2.75) is 52.7 Å². The van der Waals surface area contributed by atoms with Crippen LogP contribution in [0, 0.1) is 0 Å². The molecule has 0 saturated heterocycles. The van der Waals surface area contributed by atoms with E-state index in [1.54, 1.807) is 16.5 Å². The number of rotatable bonds is 6. The number of anilines is 1. The summed E-state index contributed by atoms with van der Waals surface area (Å²) >= 11 is 0. The summed E-state index contributed by atoms with van der Waals surface area (Å²) in [5, 5.41) is 16.7. The second-order valence-electron chi connectivity index (χ2n) is 5.42. The number of aliphatic hydroxyl groups is 1. The Balaban J connectivity index is 2.77. The summed E-state index contributed by atoms with van der Waals surface area (Å²) in [7, 11) is 1.81. The molecule has 0 aliphatic rings. The summed E-state index contributed by atoms with van der Waals surface area (Å²) in [6.45, 7) is 7.92. The number of hydrogen-bond acceptors (Lipinski definition) is 3. The van der Waals surface area contributed by atoms with E-state index in [1.165, 1.54) is 0 Å². The molecule has 0 fully saturated rings. The van der Waals surface area contributed by atoms with Gasteiger partial charge in [-0.2, -0.15) is 5.10 Å². The first-order chi connectivity index (χ1) is 9.35. The van der Waals surface area contributed by atoms with E-state index < -0.39 is 6.10 Å². The molecule has 2 N–H and O–H groups in total. The summed E-state index contributed by atoms with van der Waals surface area (Å²) in [5.74, 6) is 0.676. The Hall–Kier alpha value is -1.56. The number of amides is 2. The third-order valence-corrected chi connectivity index (χ3v) is 3.02. The first kappa shape index (κ1) is 16.5. The number of hydrogen-bond donors (Lipinski definition) is 2. The number of carbonyl (C=O) groups excluding carboxylic acids is 1. The highest BCUT2D eigenvalue weighted by molar-refractivity contribution is 5.88. The number of nitrogens with zero attached hydrogens (tertiary/aromatic N) is 3. The molecule has 1 rings (SSSR count). The first-order valence-electron chi connectivity index (χ1n) is 7.13. The van der Waals surface area contributed by atoms with Gasteiger partial charge in [0.25, 0.3) is 0 Å². The lowest BCUT2D eigenvalue weighted by atomic mass is 10.2. The van der Waals surface area contributed by atoms with Gasteiger partial charge in [-0.15, -0.1) is 0 Å². The minimum atomic E-state index is -0.551. The number of carbonyl (C=O) groups is 1. The molecule has 0 saturated carbocycles. The van der Waals surface area contributed by atoms with Crippen molar-refractivity contribution in [3.63, 3.8) is 0 Å². The lowest BCUT2D eigenvalue weighted by Crippen LogP contribution is -2.44. The molecule has 0 aliphatic carbocycles. The maximum Gasteiger partial charge on any atom is 0.323 e. The second kappa shape index (κ2) is 7.28. The van der Waals surface area contributed by atoms with E-state index >= 15 is 0 Å². The lowest BCUT2D eigenvalue weighted by molar-refractivity contribution is 0.125. The van der Waals surface area contributed by atoms with Crippen LogP contribution in [0.25, 0.3) is 0 Å². The maximum atomic E-state index is 12.3. The molecule has 0 aliphatic heterocycles. The van der Waals surface area contributed by atoms with E-state index in [2.05, 4.69) is 17.3 Å². The molecule has 0 spiro atoms. The Labute approximate surface area is 120 Å². The normalized spacial score (nSPS) is 12.6. The molecule has 6 nitrogen and oxygen atoms in total. The van der Waals surface area contributed by atoms with Gasteiger partial charge in [0.15, 0.2) is 0 Å². The summed E-state index contributed by atoms with van der Waals surface area (Å²) in [4.78, 5) is 13.9. The van der Waals surface area contributed by atoms with Crippen LogP contribution in [0.4, 0.5) is 10.6 Å². The van der Waals surface area contributed by atoms with Crippen molar-refractivity contribution in [3.05, 3.63) is 11.8 Å². The largest absolute Gasteiger partial charge is 0.392 e. The highest BCUT2D eigenvalue weighted by Gasteiger charge is 2.20. The Morgan fingerprint density at radius 1 is 1.50 bits per heavy atom. The third kappa shape index (κ3) is 4.52. The zero-order chi connectivity index (χ0) is 15.3. The van der Waals surface area contributed by atoms with Gasteiger partial charge in [0.1, 0.15) is 5.82 Å². The van der Waals surface area contributed by atoms with Crippen molar-refractivity contribution < 1.29 is 9.90 Å². The Morgan fingerprint density at radius 3 is 2.65 bits per heavy atom. The lowest BCUT2D eigenvalue weighted by Gasteiger charge is -2.28. The van der Waals surface area contributed by atoms with E-state index in [1.807, 2.05) is 27.0 Å². The first-order valence-corrected chi connectivity index (χ1v) is 7.13. The van der Waals surface area contributed by atoms with Crippen LogP contribution in [0.5, 0.6) is 0 Å². The quantitative estimate of drug-likeness (QED) is 0.838. The fourth-order valence-corrected chi connectivity index (χ4v) is 2.02. The minimum absolute atomic E-state index is 0.0212. The Morgan fingerprint density at radius 2 is 2.15 bits per heavy atom. The molecule has 2 amide bonds. The second-order valence-corrected chi connectivity index (χ2v) is 5.42. The third-order valence-electron chi connectivity index (χ3n) is 3.02. The molecule has 1 heterocycles. The van der Waals surface area contributed by atoms with Crippen LogP contribution in [-0.4, -0.2) is 44.5 Å². The van der Waals surface area contributed by atoms with Crippen LogP contribution in [0.15, 0.2) is 6.07 Å². The predicted molar refractivity (Wildman–Crippen MR) is 79.7 cm³/mol. The maximum absolute atomic E-state index is 12.3. The number of nitrogens with one attached hydrogen (secondary N) is 1. The zero-order valence-corrected chi connectivity index (χ0v) is 13.1. The fourth-order valence-electron chi connectivity index (χ4n) is 2.02. The minimum Gasteiger partial charge on any atom is -0.392 e. The molecule has 0 aromatic carbocycles. The van der Waals surface area contributed by atoms with Crippen LogP contribution in [-0.2, 0) is 13.5 Å². The van der Waals surface area contributed by atoms with Crippen LogP contribution >= 0.6 is 0 Å². The molecular weight excluding hydrogens is 256 g/mol. The summed E-state index contributed by atoms with van der Waals surface area (Å²) in [6, 6.07) is 1.70. The average Bonchev–Trinajstić information content (AvgIpc) is 2.66. The van der Waals surface area contributed by atoms with Gasteiger partial charge in [0, 0.05) is 25.7 Å². The van der Waals surface area contributed by atoms with E-state index in [9.17, 15) is 9.90 Å². The van der Waals surface area contributed by atoms with Crippen molar-refractivity contribution in [3.8, 4) is 0 Å². The highest BCUT2D eigenvalue weighted by atomic mass is 16.3. The van der Waals surface area contributed by atoms with Gasteiger partial charge in [-0.05, 0) is 27.2 Å². The van der Waals surface area contributed by atoms with Gasteiger partial charge in [-0.1, -0.05) is 13.3 Å². The summed E-state index contributed by atoms with van der Waals surface area (Å²) in [6.07, 6.45) is 1.36. The molecule has 20 heavy (non-hydrogen) atoms. The van der Waals surface area contributed by atoms with Gasteiger partial charge in [0.2, 0.25) is 0 Å². The fraction of sp³-hybridized carbons (Fsp3) is 0.714. The molecule has 6 heteroatoms. The monoisotopic (exact) mass is 282 g/mol. The Kier molecular flexibility index (Phi) is 6.01. The molecular formula is C14H26N4O2. The predicted octanol–water partition coefficient (Wildman–Crippen LogP) is 2.00. The molecule has 1 aromatic rings. The van der Waals surface area contributed by atoms with Crippen molar-refractivity contribution >= 4 is 11.8 Å². The van der Waals surface area contributed by atoms with Crippen LogP contribution < -0.4 is 5.32 Å². The van der Waals surface area contributed by atoms with E-state index in [4.69, 9.17) is 0 Å². The SMILES string of the molecule is CCCc1cc(NC(=O)N(CC(C)O)C(C)C)n(C)n1. The van der Waals surface area contributed by atoms with Gasteiger partial charge in [-0.3, -0.25) is 10.00 Å². The number of aryl methyl sites for hydroxylation is 2. The summed E-state index contributed by atoms with van der Waals surface area (Å²) < 4.78 is 1.67. The van der Waals surface area contributed by atoms with Crippen molar-refractivity contribution in [1.82, 2.24) is 14.7 Å². The highest BCUT2D eigenvalue weighted by Crippen LogP contribution is 2.12. The van der Waals surface area contributed by atoms with Crippen LogP contribution in [0.2, 0.25) is 0 Å². The van der Waals surface area contributed by atoms with Crippen molar-refractivity contribution in [2.75, 3.05) is 11.9 Å². The molecule has 114 valence electrons.